The molecular weight excluding hydrogens is 393 g/mol. The molecule has 1 heterocycles. The standard InChI is InChI=1S/C19H21F3N2O3S/c1-11(17(27)23-13-7-5-12(6-8-13)19(20,21)22)24-15(26)10-28-16(24)9-14(25)18(2,3)4/h5-9,11H,10H2,1-4H3,(H,23,27)/b16-9-/t11-/m0/s1. The van der Waals surface area contributed by atoms with Gasteiger partial charge in [-0.2, -0.15) is 13.2 Å². The third-order valence-corrected chi connectivity index (χ3v) is 5.09. The number of carbonyl (C=O) groups excluding carboxylic acids is 3. The summed E-state index contributed by atoms with van der Waals surface area (Å²) in [6.45, 7) is 6.75. The first kappa shape index (κ1) is 22.0. The van der Waals surface area contributed by atoms with Gasteiger partial charge in [0.05, 0.1) is 16.3 Å². The van der Waals surface area contributed by atoms with Crippen LogP contribution in [0.5, 0.6) is 0 Å². The molecule has 2 amide bonds. The van der Waals surface area contributed by atoms with E-state index in [2.05, 4.69) is 5.32 Å². The minimum atomic E-state index is -4.46. The normalized spacial score (nSPS) is 17.8. The van der Waals surface area contributed by atoms with Crippen molar-refractivity contribution in [3.8, 4) is 0 Å². The van der Waals surface area contributed by atoms with Gasteiger partial charge in [0, 0.05) is 17.2 Å². The molecular formula is C19H21F3N2O3S. The second-order valence-electron chi connectivity index (χ2n) is 7.39. The number of amides is 2. The summed E-state index contributed by atoms with van der Waals surface area (Å²) in [5.74, 6) is -0.941. The van der Waals surface area contributed by atoms with E-state index in [0.717, 1.165) is 24.3 Å². The summed E-state index contributed by atoms with van der Waals surface area (Å²) in [5, 5.41) is 2.89. The van der Waals surface area contributed by atoms with Crippen molar-refractivity contribution in [3.63, 3.8) is 0 Å². The molecule has 28 heavy (non-hydrogen) atoms. The van der Waals surface area contributed by atoms with Crippen molar-refractivity contribution in [2.45, 2.75) is 39.9 Å². The van der Waals surface area contributed by atoms with Gasteiger partial charge in [-0.05, 0) is 31.2 Å². The van der Waals surface area contributed by atoms with Gasteiger partial charge in [-0.3, -0.25) is 19.3 Å². The molecule has 0 aliphatic carbocycles. The molecule has 9 heteroatoms. The number of nitrogens with one attached hydrogen (secondary N) is 1. The minimum absolute atomic E-state index is 0.112. The molecule has 0 unspecified atom stereocenters. The smallest absolute Gasteiger partial charge is 0.324 e. The number of nitrogens with zero attached hydrogens (tertiary/aromatic N) is 1. The first-order valence-corrected chi connectivity index (χ1v) is 9.48. The lowest BCUT2D eigenvalue weighted by Gasteiger charge is -2.25. The van der Waals surface area contributed by atoms with Gasteiger partial charge in [-0.1, -0.05) is 32.5 Å². The molecule has 1 aliphatic heterocycles. The first-order valence-electron chi connectivity index (χ1n) is 8.50. The predicted molar refractivity (Wildman–Crippen MR) is 101 cm³/mol. The van der Waals surface area contributed by atoms with Crippen LogP contribution >= 0.6 is 11.8 Å². The Morgan fingerprint density at radius 1 is 1.18 bits per heavy atom. The van der Waals surface area contributed by atoms with Crippen LogP contribution in [-0.2, 0) is 20.6 Å². The highest BCUT2D eigenvalue weighted by Gasteiger charge is 2.36. The fourth-order valence-electron chi connectivity index (χ4n) is 2.35. The number of alkyl halides is 3. The number of thioether (sulfide) groups is 1. The second-order valence-corrected chi connectivity index (χ2v) is 8.39. The van der Waals surface area contributed by atoms with Gasteiger partial charge in [0.25, 0.3) is 0 Å². The molecule has 1 aromatic rings. The van der Waals surface area contributed by atoms with Crippen LogP contribution < -0.4 is 5.32 Å². The van der Waals surface area contributed by atoms with Crippen molar-refractivity contribution in [1.82, 2.24) is 4.90 Å². The van der Waals surface area contributed by atoms with E-state index in [-0.39, 0.29) is 23.1 Å². The molecule has 0 saturated carbocycles. The Hall–Kier alpha value is -2.29. The Bertz CT molecular complexity index is 811. The summed E-state index contributed by atoms with van der Waals surface area (Å²) in [5.41, 5.74) is -1.27. The average Bonchev–Trinajstić information content (AvgIpc) is 2.93. The Labute approximate surface area is 165 Å². The van der Waals surface area contributed by atoms with E-state index in [1.54, 1.807) is 20.8 Å². The number of anilines is 1. The lowest BCUT2D eigenvalue weighted by molar-refractivity contribution is -0.137. The summed E-state index contributed by atoms with van der Waals surface area (Å²) in [4.78, 5) is 38.2. The zero-order valence-corrected chi connectivity index (χ0v) is 16.7. The van der Waals surface area contributed by atoms with Crippen LogP contribution in [0.4, 0.5) is 18.9 Å². The zero-order chi connectivity index (χ0) is 21.3. The van der Waals surface area contributed by atoms with Gasteiger partial charge >= 0.3 is 6.18 Å². The van der Waals surface area contributed by atoms with Crippen LogP contribution in [0.3, 0.4) is 0 Å². The number of rotatable bonds is 4. The molecule has 1 aromatic carbocycles. The van der Waals surface area contributed by atoms with Gasteiger partial charge in [0.15, 0.2) is 5.78 Å². The monoisotopic (exact) mass is 414 g/mol. The number of carbonyl (C=O) groups is 3. The van der Waals surface area contributed by atoms with E-state index < -0.39 is 29.1 Å². The maximum absolute atomic E-state index is 12.6. The maximum atomic E-state index is 12.6. The summed E-state index contributed by atoms with van der Waals surface area (Å²) in [6, 6.07) is 3.10. The predicted octanol–water partition coefficient (Wildman–Crippen LogP) is 4.06. The molecule has 1 atom stereocenters. The van der Waals surface area contributed by atoms with Crippen molar-refractivity contribution in [2.75, 3.05) is 11.1 Å². The summed E-state index contributed by atoms with van der Waals surface area (Å²) in [6.07, 6.45) is -3.11. The van der Waals surface area contributed by atoms with Crippen LogP contribution in [0.1, 0.15) is 33.3 Å². The fraction of sp³-hybridized carbons (Fsp3) is 0.421. The molecule has 1 N–H and O–H groups in total. The van der Waals surface area contributed by atoms with Crippen LogP contribution in [-0.4, -0.2) is 34.3 Å². The Kier molecular flexibility index (Phi) is 6.27. The van der Waals surface area contributed by atoms with Crippen molar-refractivity contribution in [3.05, 3.63) is 40.9 Å². The summed E-state index contributed by atoms with van der Waals surface area (Å²) >= 11 is 1.17. The van der Waals surface area contributed by atoms with Crippen LogP contribution in [0.2, 0.25) is 0 Å². The largest absolute Gasteiger partial charge is 0.416 e. The number of hydrogen-bond acceptors (Lipinski definition) is 4. The summed E-state index contributed by atoms with van der Waals surface area (Å²) in [7, 11) is 0. The molecule has 0 bridgehead atoms. The van der Waals surface area contributed by atoms with Gasteiger partial charge < -0.3 is 5.32 Å². The summed E-state index contributed by atoms with van der Waals surface area (Å²) < 4.78 is 37.9. The van der Waals surface area contributed by atoms with Gasteiger partial charge in [-0.15, -0.1) is 0 Å². The topological polar surface area (TPSA) is 66.5 Å². The van der Waals surface area contributed by atoms with Crippen molar-refractivity contribution in [1.29, 1.82) is 0 Å². The van der Waals surface area contributed by atoms with Gasteiger partial charge in [0.1, 0.15) is 6.04 Å². The third kappa shape index (κ3) is 5.15. The number of benzene rings is 1. The Morgan fingerprint density at radius 2 is 1.75 bits per heavy atom. The molecule has 0 spiro atoms. The number of halogens is 3. The second kappa shape index (κ2) is 7.98. The molecule has 152 valence electrons. The lowest BCUT2D eigenvalue weighted by atomic mass is 9.91. The van der Waals surface area contributed by atoms with Gasteiger partial charge in [0.2, 0.25) is 11.8 Å². The minimum Gasteiger partial charge on any atom is -0.324 e. The van der Waals surface area contributed by atoms with E-state index in [4.69, 9.17) is 0 Å². The molecule has 0 radical (unpaired) electrons. The molecule has 1 fully saturated rings. The van der Waals surface area contributed by atoms with Crippen molar-refractivity contribution < 1.29 is 27.6 Å². The van der Waals surface area contributed by atoms with E-state index in [0.29, 0.717) is 5.03 Å². The first-order chi connectivity index (χ1) is 12.8. The third-order valence-electron chi connectivity index (χ3n) is 4.09. The number of allylic oxidation sites excluding steroid dienone is 1. The Balaban J connectivity index is 2.15. The fourth-order valence-corrected chi connectivity index (χ4v) is 3.35. The molecule has 2 rings (SSSR count). The molecule has 0 aromatic heterocycles. The van der Waals surface area contributed by atoms with Crippen LogP contribution in [0.25, 0.3) is 0 Å². The highest BCUT2D eigenvalue weighted by Crippen LogP contribution is 2.33. The van der Waals surface area contributed by atoms with E-state index in [1.165, 1.54) is 29.7 Å². The van der Waals surface area contributed by atoms with Crippen molar-refractivity contribution >= 4 is 35.0 Å². The number of hydrogen-bond donors (Lipinski definition) is 1. The molecule has 1 saturated heterocycles. The lowest BCUT2D eigenvalue weighted by Crippen LogP contribution is -2.42. The van der Waals surface area contributed by atoms with Crippen molar-refractivity contribution in [2.24, 2.45) is 5.41 Å². The SMILES string of the molecule is C[C@@H](C(=O)Nc1ccc(C(F)(F)F)cc1)N1C(=O)CS/C1=C\C(=O)C(C)(C)C. The quantitative estimate of drug-likeness (QED) is 0.755. The average molecular weight is 414 g/mol. The molecule has 5 nitrogen and oxygen atoms in total. The highest BCUT2D eigenvalue weighted by molar-refractivity contribution is 8.04. The highest BCUT2D eigenvalue weighted by atomic mass is 32.2. The maximum Gasteiger partial charge on any atom is 0.416 e. The van der Waals surface area contributed by atoms with E-state index in [1.807, 2.05) is 0 Å². The van der Waals surface area contributed by atoms with E-state index >= 15 is 0 Å². The zero-order valence-electron chi connectivity index (χ0n) is 15.9. The van der Waals surface area contributed by atoms with Crippen LogP contribution in [0.15, 0.2) is 35.4 Å². The number of ketones is 1. The Morgan fingerprint density at radius 3 is 2.25 bits per heavy atom. The van der Waals surface area contributed by atoms with Crippen LogP contribution in [0, 0.1) is 5.41 Å². The molecule has 1 aliphatic rings. The van der Waals surface area contributed by atoms with Gasteiger partial charge in [-0.25, -0.2) is 0 Å². The van der Waals surface area contributed by atoms with E-state index in [9.17, 15) is 27.6 Å².